The molecule has 146 valence electrons. The molecule has 3 aliphatic heterocycles. The van der Waals surface area contributed by atoms with Crippen molar-refractivity contribution < 1.29 is 23.8 Å². The van der Waals surface area contributed by atoms with Crippen molar-refractivity contribution >= 4 is 12.0 Å². The van der Waals surface area contributed by atoms with Crippen LogP contribution in [0.5, 0.6) is 0 Å². The number of pyridine rings is 1. The van der Waals surface area contributed by atoms with Gasteiger partial charge in [0.05, 0.1) is 30.4 Å². The fourth-order valence-electron chi connectivity index (χ4n) is 4.71. The van der Waals surface area contributed by atoms with Crippen molar-refractivity contribution in [2.45, 2.75) is 63.4 Å². The van der Waals surface area contributed by atoms with Crippen LogP contribution in [0.15, 0.2) is 18.3 Å². The molecule has 0 aromatic carbocycles. The molecule has 1 aromatic heterocycles. The summed E-state index contributed by atoms with van der Waals surface area (Å²) < 4.78 is 18.7. The van der Waals surface area contributed by atoms with Crippen LogP contribution in [0.25, 0.3) is 0 Å². The van der Waals surface area contributed by atoms with Crippen molar-refractivity contribution in [1.29, 1.82) is 0 Å². The van der Waals surface area contributed by atoms with Gasteiger partial charge in [0.1, 0.15) is 17.1 Å². The van der Waals surface area contributed by atoms with E-state index in [1.54, 1.807) is 30.6 Å². The average molecular weight is 377 g/mol. The molecule has 0 aliphatic carbocycles. The molecule has 1 aromatic rings. The highest BCUT2D eigenvalue weighted by molar-refractivity contribution is 5.93. The van der Waals surface area contributed by atoms with Gasteiger partial charge in [-0.05, 0) is 51.7 Å². The van der Waals surface area contributed by atoms with Gasteiger partial charge in [0.15, 0.2) is 0 Å². The number of carbonyl (C=O) groups excluding carboxylic acids is 2. The zero-order valence-corrected chi connectivity index (χ0v) is 15.6. The van der Waals surface area contributed by atoms with Crippen molar-refractivity contribution in [2.24, 2.45) is 5.92 Å². The lowest BCUT2D eigenvalue weighted by Crippen LogP contribution is -2.59. The highest BCUT2D eigenvalue weighted by atomic mass is 19.1. The SMILES string of the molecule is CC(C)(C)OC(=O)N1[C@@H]2C[C@@H]3C[C@H]1[C@@H](C2O)N(C(=O)c1ccc(F)cn1)C3. The Morgan fingerprint density at radius 2 is 1.96 bits per heavy atom. The molecule has 7 nitrogen and oxygen atoms in total. The first-order chi connectivity index (χ1) is 12.7. The summed E-state index contributed by atoms with van der Waals surface area (Å²) in [6.07, 6.45) is 1.09. The van der Waals surface area contributed by atoms with Crippen LogP contribution in [-0.4, -0.2) is 68.3 Å². The van der Waals surface area contributed by atoms with Gasteiger partial charge in [-0.1, -0.05) is 0 Å². The lowest BCUT2D eigenvalue weighted by Gasteiger charge is -2.46. The van der Waals surface area contributed by atoms with Crippen LogP contribution in [0.3, 0.4) is 0 Å². The van der Waals surface area contributed by atoms with Crippen molar-refractivity contribution in [3.8, 4) is 0 Å². The molecule has 3 fully saturated rings. The Labute approximate surface area is 157 Å². The number of aliphatic hydroxyl groups is 1. The van der Waals surface area contributed by atoms with Crippen LogP contribution in [0.4, 0.5) is 9.18 Å². The fraction of sp³-hybridized carbons (Fsp3) is 0.632. The van der Waals surface area contributed by atoms with E-state index in [-0.39, 0.29) is 29.6 Å². The van der Waals surface area contributed by atoms with E-state index in [9.17, 15) is 19.1 Å². The average Bonchev–Trinajstić information content (AvgIpc) is 2.69. The molecule has 4 rings (SSSR count). The third-order valence-corrected chi connectivity index (χ3v) is 5.63. The molecular weight excluding hydrogens is 353 g/mol. The van der Waals surface area contributed by atoms with Gasteiger partial charge in [-0.3, -0.25) is 9.69 Å². The molecule has 2 amide bonds. The molecule has 1 unspecified atom stereocenters. The van der Waals surface area contributed by atoms with Gasteiger partial charge in [0, 0.05) is 6.54 Å². The number of halogens is 1. The third kappa shape index (κ3) is 3.05. The number of aliphatic hydroxyl groups excluding tert-OH is 1. The highest BCUT2D eigenvalue weighted by Gasteiger charge is 2.61. The quantitative estimate of drug-likeness (QED) is 0.807. The maximum absolute atomic E-state index is 13.1. The van der Waals surface area contributed by atoms with Crippen LogP contribution in [0.1, 0.15) is 44.1 Å². The van der Waals surface area contributed by atoms with Gasteiger partial charge >= 0.3 is 6.09 Å². The van der Waals surface area contributed by atoms with Gasteiger partial charge in [-0.15, -0.1) is 0 Å². The second-order valence-electron chi connectivity index (χ2n) is 8.66. The minimum absolute atomic E-state index is 0.136. The molecule has 3 bridgehead atoms. The van der Waals surface area contributed by atoms with E-state index in [1.807, 2.05) is 0 Å². The van der Waals surface area contributed by atoms with Gasteiger partial charge in [-0.25, -0.2) is 14.2 Å². The maximum atomic E-state index is 13.1. The number of rotatable bonds is 1. The van der Waals surface area contributed by atoms with E-state index in [0.717, 1.165) is 12.6 Å². The molecule has 3 saturated heterocycles. The third-order valence-electron chi connectivity index (χ3n) is 5.63. The Morgan fingerprint density at radius 1 is 1.26 bits per heavy atom. The van der Waals surface area contributed by atoms with Gasteiger partial charge in [0.25, 0.3) is 5.91 Å². The van der Waals surface area contributed by atoms with E-state index in [4.69, 9.17) is 4.74 Å². The largest absolute Gasteiger partial charge is 0.444 e. The summed E-state index contributed by atoms with van der Waals surface area (Å²) in [5.41, 5.74) is -0.497. The molecule has 0 spiro atoms. The standard InChI is InChI=1S/C19H24FN3O4/c1-19(2,3)27-18(26)23-13-6-10-7-14(23)16(24)15(13)22(9-10)17(25)12-5-4-11(20)8-21-12/h4-5,8,10,13-16,24H,6-7,9H2,1-3H3/t10-,13-,14+,15-,16?/m0/s1. The Morgan fingerprint density at radius 3 is 2.59 bits per heavy atom. The number of nitrogens with zero attached hydrogens (tertiary/aromatic N) is 3. The Bertz CT molecular complexity index is 763. The number of amides is 2. The first-order valence-corrected chi connectivity index (χ1v) is 9.27. The zero-order valence-electron chi connectivity index (χ0n) is 15.6. The van der Waals surface area contributed by atoms with Gasteiger partial charge in [0.2, 0.25) is 0 Å². The van der Waals surface area contributed by atoms with E-state index >= 15 is 0 Å². The monoisotopic (exact) mass is 377 g/mol. The number of aromatic nitrogens is 1. The molecule has 3 aliphatic rings. The Hall–Kier alpha value is -2.22. The summed E-state index contributed by atoms with van der Waals surface area (Å²) in [6.45, 7) is 5.91. The number of carbonyl (C=O) groups is 2. The summed E-state index contributed by atoms with van der Waals surface area (Å²) in [5.74, 6) is -0.653. The predicted molar refractivity (Wildman–Crippen MR) is 93.4 cm³/mol. The first-order valence-electron chi connectivity index (χ1n) is 9.27. The molecule has 5 atom stereocenters. The van der Waals surface area contributed by atoms with Gasteiger partial charge in [-0.2, -0.15) is 0 Å². The Balaban J connectivity index is 1.61. The summed E-state index contributed by atoms with van der Waals surface area (Å²) in [6, 6.07) is 1.41. The molecule has 27 heavy (non-hydrogen) atoms. The molecule has 0 radical (unpaired) electrons. The summed E-state index contributed by atoms with van der Waals surface area (Å²) >= 11 is 0. The molecule has 1 N–H and O–H groups in total. The number of likely N-dealkylation sites (tertiary alicyclic amines) is 1. The van der Waals surface area contributed by atoms with Crippen LogP contribution < -0.4 is 0 Å². The highest BCUT2D eigenvalue weighted by Crippen LogP contribution is 2.46. The minimum atomic E-state index is -0.834. The number of piperidine rings is 2. The number of hydrogen-bond acceptors (Lipinski definition) is 5. The summed E-state index contributed by atoms with van der Waals surface area (Å²) in [7, 11) is 0. The van der Waals surface area contributed by atoms with Crippen LogP contribution in [-0.2, 0) is 4.74 Å². The van der Waals surface area contributed by atoms with Crippen LogP contribution in [0, 0.1) is 11.7 Å². The second-order valence-corrected chi connectivity index (χ2v) is 8.66. The maximum Gasteiger partial charge on any atom is 0.410 e. The molecule has 8 heteroatoms. The molecule has 0 saturated carbocycles. The number of hydrogen-bond donors (Lipinski definition) is 1. The normalized spacial score (nSPS) is 32.0. The number of ether oxygens (including phenoxy) is 1. The lowest BCUT2D eigenvalue weighted by atomic mass is 9.86. The first kappa shape index (κ1) is 18.2. The van der Waals surface area contributed by atoms with Crippen molar-refractivity contribution in [1.82, 2.24) is 14.8 Å². The van der Waals surface area contributed by atoms with Crippen LogP contribution >= 0.6 is 0 Å². The van der Waals surface area contributed by atoms with E-state index in [1.165, 1.54) is 12.1 Å². The van der Waals surface area contributed by atoms with Gasteiger partial charge < -0.3 is 14.7 Å². The number of fused-ring (bicyclic) bond motifs is 2. The molecular formula is C19H24FN3O4. The fourth-order valence-corrected chi connectivity index (χ4v) is 4.71. The van der Waals surface area contributed by atoms with Crippen molar-refractivity contribution in [3.05, 3.63) is 29.8 Å². The minimum Gasteiger partial charge on any atom is -0.444 e. The van der Waals surface area contributed by atoms with E-state index in [0.29, 0.717) is 13.0 Å². The van der Waals surface area contributed by atoms with E-state index < -0.39 is 29.7 Å². The molecule has 4 heterocycles. The summed E-state index contributed by atoms with van der Waals surface area (Å²) in [4.78, 5) is 32.8. The summed E-state index contributed by atoms with van der Waals surface area (Å²) in [5, 5.41) is 10.9. The lowest BCUT2D eigenvalue weighted by molar-refractivity contribution is -0.0171. The smallest absolute Gasteiger partial charge is 0.410 e. The Kier molecular flexibility index (Phi) is 4.14. The van der Waals surface area contributed by atoms with E-state index in [2.05, 4.69) is 4.98 Å². The van der Waals surface area contributed by atoms with Crippen molar-refractivity contribution in [2.75, 3.05) is 6.54 Å². The predicted octanol–water partition coefficient (Wildman–Crippen LogP) is 1.80. The topological polar surface area (TPSA) is 83.0 Å². The van der Waals surface area contributed by atoms with Crippen LogP contribution in [0.2, 0.25) is 0 Å². The zero-order chi connectivity index (χ0) is 19.5. The van der Waals surface area contributed by atoms with Crippen molar-refractivity contribution in [3.63, 3.8) is 0 Å². The second kappa shape index (κ2) is 6.15.